The highest BCUT2D eigenvalue weighted by Crippen LogP contribution is 2.31. The van der Waals surface area contributed by atoms with Crippen LogP contribution in [0.2, 0.25) is 5.02 Å². The number of fused-ring (bicyclic) bond motifs is 1. The zero-order valence-electron chi connectivity index (χ0n) is 17.7. The summed E-state index contributed by atoms with van der Waals surface area (Å²) in [6.45, 7) is 3.68. The van der Waals surface area contributed by atoms with E-state index in [1.165, 1.54) is 7.11 Å². The monoisotopic (exact) mass is 444 g/mol. The third kappa shape index (κ3) is 4.12. The van der Waals surface area contributed by atoms with E-state index in [9.17, 15) is 14.4 Å². The number of furan rings is 1. The number of aryl methyl sites for hydroxylation is 1. The first kappa shape index (κ1) is 21.6. The highest BCUT2D eigenvalue weighted by Gasteiger charge is 2.35. The van der Waals surface area contributed by atoms with Crippen LogP contribution in [-0.4, -0.2) is 60.7 Å². The molecule has 1 fully saturated rings. The van der Waals surface area contributed by atoms with E-state index in [1.54, 1.807) is 24.0 Å². The van der Waals surface area contributed by atoms with E-state index in [0.29, 0.717) is 60.9 Å². The molecule has 1 unspecified atom stereocenters. The molecule has 1 aliphatic heterocycles. The smallest absolute Gasteiger partial charge is 0.327 e. The van der Waals surface area contributed by atoms with E-state index >= 15 is 0 Å². The molecule has 2 aliphatic rings. The lowest BCUT2D eigenvalue weighted by atomic mass is 9.94. The summed E-state index contributed by atoms with van der Waals surface area (Å²) in [5, 5.41) is 0.595. The van der Waals surface area contributed by atoms with Crippen molar-refractivity contribution < 1.29 is 23.5 Å². The minimum Gasteiger partial charge on any atom is -0.468 e. The summed E-state index contributed by atoms with van der Waals surface area (Å²) in [6.07, 6.45) is 1.94. The predicted octanol–water partition coefficient (Wildman–Crippen LogP) is 3.43. The second-order valence-corrected chi connectivity index (χ2v) is 8.37. The lowest BCUT2D eigenvalue weighted by molar-refractivity contribution is -0.148. The number of hydrogen-bond acceptors (Lipinski definition) is 6. The molecule has 31 heavy (non-hydrogen) atoms. The summed E-state index contributed by atoms with van der Waals surface area (Å²) in [5.74, 6) is 0.381. The molecule has 164 valence electrons. The second kappa shape index (κ2) is 8.85. The topological polar surface area (TPSA) is 80.1 Å². The number of carbonyl (C=O) groups excluding carboxylic acids is 3. The van der Waals surface area contributed by atoms with Gasteiger partial charge in [0.1, 0.15) is 11.8 Å². The molecule has 8 heteroatoms. The maximum absolute atomic E-state index is 13.1. The van der Waals surface area contributed by atoms with Crippen LogP contribution in [0.15, 0.2) is 28.7 Å². The molecule has 0 N–H and O–H groups in total. The molecule has 2 aromatic rings. The van der Waals surface area contributed by atoms with Crippen LogP contribution in [0.4, 0.5) is 0 Å². The van der Waals surface area contributed by atoms with Gasteiger partial charge in [0, 0.05) is 49.6 Å². The van der Waals surface area contributed by atoms with Crippen LogP contribution in [0.5, 0.6) is 0 Å². The molecule has 7 nitrogen and oxygen atoms in total. The van der Waals surface area contributed by atoms with Crippen molar-refractivity contribution in [3.63, 3.8) is 0 Å². The standard InChI is InChI=1S/C23H25ClN2O5/c1-14-19-17(27)4-3-5-18(19)31-21(14)22(28)26-12-10-25(11-13-26)20(23(29)30-2)15-6-8-16(24)9-7-15/h6-9,20H,3-5,10-13H2,1-2H3. The van der Waals surface area contributed by atoms with Crippen LogP contribution in [0.3, 0.4) is 0 Å². The minimum atomic E-state index is -0.560. The minimum absolute atomic E-state index is 0.0512. The Morgan fingerprint density at radius 3 is 2.39 bits per heavy atom. The quantitative estimate of drug-likeness (QED) is 0.672. The molecular formula is C23H25ClN2O5. The molecule has 0 bridgehead atoms. The normalized spacial score (nSPS) is 17.9. The van der Waals surface area contributed by atoms with Gasteiger partial charge in [-0.1, -0.05) is 23.7 Å². The maximum Gasteiger partial charge on any atom is 0.327 e. The van der Waals surface area contributed by atoms with Gasteiger partial charge in [-0.05, 0) is 31.0 Å². The van der Waals surface area contributed by atoms with Gasteiger partial charge in [-0.3, -0.25) is 14.5 Å². The van der Waals surface area contributed by atoms with Crippen LogP contribution in [-0.2, 0) is 16.0 Å². The fourth-order valence-corrected chi connectivity index (χ4v) is 4.56. The first-order valence-electron chi connectivity index (χ1n) is 10.4. The Hall–Kier alpha value is -2.64. The molecule has 1 atom stereocenters. The molecule has 0 saturated carbocycles. The summed E-state index contributed by atoms with van der Waals surface area (Å²) in [5.41, 5.74) is 2.02. The molecule has 4 rings (SSSR count). The number of piperazine rings is 1. The molecule has 2 heterocycles. The molecule has 1 saturated heterocycles. The molecular weight excluding hydrogens is 420 g/mol. The Bertz CT molecular complexity index is 1010. The Balaban J connectivity index is 1.49. The summed E-state index contributed by atoms with van der Waals surface area (Å²) < 4.78 is 10.8. The number of benzene rings is 1. The highest BCUT2D eigenvalue weighted by atomic mass is 35.5. The van der Waals surface area contributed by atoms with Gasteiger partial charge in [0.15, 0.2) is 11.5 Å². The molecule has 1 aromatic carbocycles. The van der Waals surface area contributed by atoms with Gasteiger partial charge in [0.25, 0.3) is 5.91 Å². The van der Waals surface area contributed by atoms with E-state index in [-0.39, 0.29) is 23.4 Å². The summed E-state index contributed by atoms with van der Waals surface area (Å²) in [4.78, 5) is 41.6. The Morgan fingerprint density at radius 2 is 1.77 bits per heavy atom. The van der Waals surface area contributed by atoms with Crippen LogP contribution in [0, 0.1) is 6.92 Å². The van der Waals surface area contributed by atoms with E-state index in [1.807, 2.05) is 17.0 Å². The fraction of sp³-hybridized carbons (Fsp3) is 0.435. The molecule has 0 spiro atoms. The molecule has 1 amide bonds. The number of methoxy groups -OCH3 is 1. The molecule has 1 aromatic heterocycles. The zero-order valence-corrected chi connectivity index (χ0v) is 18.4. The highest BCUT2D eigenvalue weighted by molar-refractivity contribution is 6.30. The average Bonchev–Trinajstić information content (AvgIpc) is 3.12. The molecule has 0 radical (unpaired) electrons. The van der Waals surface area contributed by atoms with Gasteiger partial charge in [0.05, 0.1) is 12.7 Å². The number of halogens is 1. The van der Waals surface area contributed by atoms with Gasteiger partial charge in [-0.15, -0.1) is 0 Å². The number of carbonyl (C=O) groups is 3. The van der Waals surface area contributed by atoms with E-state index < -0.39 is 6.04 Å². The van der Waals surface area contributed by atoms with Crippen molar-refractivity contribution in [1.82, 2.24) is 9.80 Å². The van der Waals surface area contributed by atoms with Gasteiger partial charge in [0.2, 0.25) is 0 Å². The third-order valence-corrected chi connectivity index (χ3v) is 6.33. The van der Waals surface area contributed by atoms with Gasteiger partial charge < -0.3 is 14.1 Å². The van der Waals surface area contributed by atoms with Crippen molar-refractivity contribution in [2.45, 2.75) is 32.2 Å². The Labute approximate surface area is 185 Å². The lowest BCUT2D eigenvalue weighted by Gasteiger charge is -2.38. The number of ketones is 1. The second-order valence-electron chi connectivity index (χ2n) is 7.94. The number of hydrogen-bond donors (Lipinski definition) is 0. The number of amides is 1. The first-order valence-corrected chi connectivity index (χ1v) is 10.8. The van der Waals surface area contributed by atoms with Gasteiger partial charge in [-0.2, -0.15) is 0 Å². The predicted molar refractivity (Wildman–Crippen MR) is 114 cm³/mol. The Morgan fingerprint density at radius 1 is 1.10 bits per heavy atom. The van der Waals surface area contributed by atoms with Crippen molar-refractivity contribution in [1.29, 1.82) is 0 Å². The van der Waals surface area contributed by atoms with E-state index in [2.05, 4.69) is 0 Å². The number of Topliss-reactive ketones (excluding diaryl/α,β-unsaturated/α-hetero) is 1. The third-order valence-electron chi connectivity index (χ3n) is 6.08. The van der Waals surface area contributed by atoms with Crippen molar-refractivity contribution in [3.8, 4) is 0 Å². The lowest BCUT2D eigenvalue weighted by Crippen LogP contribution is -2.51. The number of ether oxygens (including phenoxy) is 1. The van der Waals surface area contributed by atoms with Crippen LogP contribution in [0.1, 0.15) is 56.7 Å². The van der Waals surface area contributed by atoms with Crippen LogP contribution >= 0.6 is 11.6 Å². The first-order chi connectivity index (χ1) is 14.9. The van der Waals surface area contributed by atoms with Crippen molar-refractivity contribution >= 4 is 29.3 Å². The van der Waals surface area contributed by atoms with Crippen LogP contribution < -0.4 is 0 Å². The SMILES string of the molecule is COC(=O)C(c1ccc(Cl)cc1)N1CCN(C(=O)c2oc3c(c2C)C(=O)CCC3)CC1. The summed E-state index contributed by atoms with van der Waals surface area (Å²) >= 11 is 5.98. The van der Waals surface area contributed by atoms with Crippen LogP contribution in [0.25, 0.3) is 0 Å². The van der Waals surface area contributed by atoms with Gasteiger partial charge in [-0.25, -0.2) is 4.79 Å². The van der Waals surface area contributed by atoms with E-state index in [4.69, 9.17) is 20.8 Å². The maximum atomic E-state index is 13.1. The average molecular weight is 445 g/mol. The van der Waals surface area contributed by atoms with Crippen molar-refractivity contribution in [3.05, 3.63) is 57.5 Å². The number of rotatable bonds is 4. The van der Waals surface area contributed by atoms with E-state index in [0.717, 1.165) is 12.0 Å². The summed E-state index contributed by atoms with van der Waals surface area (Å²) in [7, 11) is 1.37. The largest absolute Gasteiger partial charge is 0.468 e. The van der Waals surface area contributed by atoms with Crippen molar-refractivity contribution in [2.24, 2.45) is 0 Å². The Kier molecular flexibility index (Phi) is 6.16. The number of esters is 1. The van der Waals surface area contributed by atoms with Crippen molar-refractivity contribution in [2.75, 3.05) is 33.3 Å². The summed E-state index contributed by atoms with van der Waals surface area (Å²) in [6, 6.07) is 6.56. The van der Waals surface area contributed by atoms with Gasteiger partial charge >= 0.3 is 5.97 Å². The number of nitrogens with zero attached hydrogens (tertiary/aromatic N) is 2. The zero-order chi connectivity index (χ0) is 22.1. The molecule has 1 aliphatic carbocycles. The fourth-order valence-electron chi connectivity index (χ4n) is 4.43.